The lowest BCUT2D eigenvalue weighted by Crippen LogP contribution is -2.04. The summed E-state index contributed by atoms with van der Waals surface area (Å²) in [4.78, 5) is 0. The monoisotopic (exact) mass is 202 g/mol. The molecule has 72 valence electrons. The second-order valence-corrected chi connectivity index (χ2v) is 3.35. The average Bonchev–Trinajstić information content (AvgIpc) is 2.05. The van der Waals surface area contributed by atoms with E-state index >= 15 is 0 Å². The molecule has 4 heteroatoms. The lowest BCUT2D eigenvalue weighted by molar-refractivity contribution is 0.194. The van der Waals surface area contributed by atoms with Gasteiger partial charge >= 0.3 is 0 Å². The van der Waals surface area contributed by atoms with E-state index in [0.717, 1.165) is 0 Å². The van der Waals surface area contributed by atoms with Crippen LogP contribution in [0.15, 0.2) is 12.1 Å². The van der Waals surface area contributed by atoms with Crippen LogP contribution in [0, 0.1) is 0 Å². The maximum absolute atomic E-state index is 9.38. The fourth-order valence-electron chi connectivity index (χ4n) is 1.09. The average molecular weight is 203 g/mol. The van der Waals surface area contributed by atoms with Gasteiger partial charge in [0.05, 0.1) is 6.10 Å². The predicted molar refractivity (Wildman–Crippen MR) is 50.2 cm³/mol. The van der Waals surface area contributed by atoms with Crippen LogP contribution in [0.5, 0.6) is 11.5 Å². The quantitative estimate of drug-likeness (QED) is 0.640. The number of hydrogen-bond donors (Lipinski definition) is 3. The molecular formula is C9H11ClO3. The van der Waals surface area contributed by atoms with Gasteiger partial charge in [0.2, 0.25) is 0 Å². The topological polar surface area (TPSA) is 60.7 Å². The van der Waals surface area contributed by atoms with Gasteiger partial charge < -0.3 is 15.3 Å². The molecular weight excluding hydrogens is 192 g/mol. The molecule has 13 heavy (non-hydrogen) atoms. The van der Waals surface area contributed by atoms with Crippen LogP contribution in [0.3, 0.4) is 0 Å². The van der Waals surface area contributed by atoms with Gasteiger partial charge in [-0.2, -0.15) is 0 Å². The summed E-state index contributed by atoms with van der Waals surface area (Å²) in [6.07, 6.45) is -0.385. The van der Waals surface area contributed by atoms with Gasteiger partial charge in [0.15, 0.2) is 11.5 Å². The molecule has 1 rings (SSSR count). The molecule has 0 aliphatic rings. The fraction of sp³-hybridized carbons (Fsp3) is 0.333. The Bertz CT molecular complexity index is 310. The first-order chi connectivity index (χ1) is 6.02. The summed E-state index contributed by atoms with van der Waals surface area (Å²) < 4.78 is 0. The Kier molecular flexibility index (Phi) is 3.01. The summed E-state index contributed by atoms with van der Waals surface area (Å²) in [5, 5.41) is 28.0. The largest absolute Gasteiger partial charge is 0.504 e. The van der Waals surface area contributed by atoms with Gasteiger partial charge in [-0.15, -0.1) is 0 Å². The zero-order valence-electron chi connectivity index (χ0n) is 7.16. The highest BCUT2D eigenvalue weighted by Crippen LogP contribution is 2.34. The van der Waals surface area contributed by atoms with Crippen molar-refractivity contribution in [3.05, 3.63) is 22.7 Å². The molecule has 0 amide bonds. The zero-order valence-corrected chi connectivity index (χ0v) is 7.91. The number of phenolic OH excluding ortho intramolecular Hbond substituents is 2. The number of rotatable bonds is 2. The van der Waals surface area contributed by atoms with Crippen molar-refractivity contribution in [2.45, 2.75) is 19.4 Å². The second kappa shape index (κ2) is 3.85. The number of benzene rings is 1. The Labute approximate surface area is 81.2 Å². The Morgan fingerprint density at radius 3 is 2.54 bits per heavy atom. The lowest BCUT2D eigenvalue weighted by Gasteiger charge is -2.09. The third kappa shape index (κ3) is 2.26. The molecule has 0 aliphatic heterocycles. The molecule has 0 saturated carbocycles. The van der Waals surface area contributed by atoms with Crippen molar-refractivity contribution in [3.63, 3.8) is 0 Å². The summed E-state index contributed by atoms with van der Waals surface area (Å²) >= 11 is 5.76. The highest BCUT2D eigenvalue weighted by Gasteiger charge is 2.12. The van der Waals surface area contributed by atoms with Gasteiger partial charge in [0.25, 0.3) is 0 Å². The molecule has 0 aliphatic carbocycles. The van der Waals surface area contributed by atoms with Crippen molar-refractivity contribution >= 4 is 11.6 Å². The highest BCUT2D eigenvalue weighted by molar-refractivity contribution is 6.31. The van der Waals surface area contributed by atoms with E-state index in [9.17, 15) is 5.11 Å². The zero-order chi connectivity index (χ0) is 10.0. The third-order valence-electron chi connectivity index (χ3n) is 1.70. The van der Waals surface area contributed by atoms with Crippen LogP contribution in [0.25, 0.3) is 0 Å². The molecule has 0 fully saturated rings. The number of aliphatic hydroxyl groups excluding tert-OH is 1. The first-order valence-corrected chi connectivity index (χ1v) is 4.27. The van der Waals surface area contributed by atoms with Gasteiger partial charge in [-0.05, 0) is 19.1 Å². The van der Waals surface area contributed by atoms with Crippen molar-refractivity contribution in [1.29, 1.82) is 0 Å². The standard InChI is InChI=1S/C9H11ClO3/c1-5(11)4-6-7(10)2-3-8(12)9(6)13/h2-3,5,11-13H,4H2,1H3. The van der Waals surface area contributed by atoms with Gasteiger partial charge in [-0.3, -0.25) is 0 Å². The smallest absolute Gasteiger partial charge is 0.162 e. The molecule has 0 saturated heterocycles. The second-order valence-electron chi connectivity index (χ2n) is 2.95. The van der Waals surface area contributed by atoms with Crippen LogP contribution in [0.2, 0.25) is 5.02 Å². The molecule has 0 heterocycles. The molecule has 3 nitrogen and oxygen atoms in total. The van der Waals surface area contributed by atoms with Gasteiger partial charge in [-0.25, -0.2) is 0 Å². The van der Waals surface area contributed by atoms with E-state index in [-0.39, 0.29) is 17.9 Å². The Hall–Kier alpha value is -0.930. The van der Waals surface area contributed by atoms with E-state index in [2.05, 4.69) is 0 Å². The molecule has 0 radical (unpaired) electrons. The van der Waals surface area contributed by atoms with Crippen LogP contribution < -0.4 is 0 Å². The maximum atomic E-state index is 9.38. The van der Waals surface area contributed by atoms with Crippen molar-refractivity contribution in [1.82, 2.24) is 0 Å². The van der Waals surface area contributed by atoms with Crippen LogP contribution in [0.4, 0.5) is 0 Å². The Morgan fingerprint density at radius 1 is 1.38 bits per heavy atom. The van der Waals surface area contributed by atoms with E-state index in [1.807, 2.05) is 0 Å². The summed E-state index contributed by atoms with van der Waals surface area (Å²) in [5.41, 5.74) is 0.372. The van der Waals surface area contributed by atoms with Crippen LogP contribution in [-0.4, -0.2) is 21.4 Å². The molecule has 1 atom stereocenters. The van der Waals surface area contributed by atoms with Gasteiger partial charge in [-0.1, -0.05) is 11.6 Å². The van der Waals surface area contributed by atoms with E-state index in [0.29, 0.717) is 10.6 Å². The summed E-state index contributed by atoms with van der Waals surface area (Å²) in [6.45, 7) is 1.58. The molecule has 1 aromatic rings. The van der Waals surface area contributed by atoms with E-state index in [1.165, 1.54) is 12.1 Å². The van der Waals surface area contributed by atoms with Crippen LogP contribution in [0.1, 0.15) is 12.5 Å². The summed E-state index contributed by atoms with van der Waals surface area (Å²) in [5.74, 6) is -0.478. The SMILES string of the molecule is CC(O)Cc1c(Cl)ccc(O)c1O. The highest BCUT2D eigenvalue weighted by atomic mass is 35.5. The lowest BCUT2D eigenvalue weighted by atomic mass is 10.1. The first kappa shape index (κ1) is 10.2. The normalized spacial score (nSPS) is 12.8. The van der Waals surface area contributed by atoms with Crippen LogP contribution >= 0.6 is 11.6 Å². The van der Waals surface area contributed by atoms with Crippen molar-refractivity contribution in [2.75, 3.05) is 0 Å². The number of phenols is 2. The molecule has 0 bridgehead atoms. The Morgan fingerprint density at radius 2 is 2.00 bits per heavy atom. The fourth-order valence-corrected chi connectivity index (χ4v) is 1.32. The maximum Gasteiger partial charge on any atom is 0.162 e. The summed E-state index contributed by atoms with van der Waals surface area (Å²) in [6, 6.07) is 2.79. The number of aromatic hydroxyl groups is 2. The van der Waals surface area contributed by atoms with Crippen LogP contribution in [-0.2, 0) is 6.42 Å². The molecule has 3 N–H and O–H groups in total. The van der Waals surface area contributed by atoms with Crippen molar-refractivity contribution in [2.24, 2.45) is 0 Å². The number of halogens is 1. The third-order valence-corrected chi connectivity index (χ3v) is 2.06. The molecule has 1 aromatic carbocycles. The molecule has 1 unspecified atom stereocenters. The minimum Gasteiger partial charge on any atom is -0.504 e. The minimum absolute atomic E-state index is 0.221. The van der Waals surface area contributed by atoms with Gasteiger partial charge in [0.1, 0.15) is 0 Å². The van der Waals surface area contributed by atoms with E-state index in [1.54, 1.807) is 6.92 Å². The van der Waals surface area contributed by atoms with Crippen molar-refractivity contribution < 1.29 is 15.3 Å². The van der Waals surface area contributed by atoms with E-state index in [4.69, 9.17) is 21.8 Å². The van der Waals surface area contributed by atoms with Crippen molar-refractivity contribution in [3.8, 4) is 11.5 Å². The summed E-state index contributed by atoms with van der Waals surface area (Å²) in [7, 11) is 0. The molecule has 0 spiro atoms. The van der Waals surface area contributed by atoms with E-state index < -0.39 is 6.10 Å². The minimum atomic E-state index is -0.606. The number of hydrogen-bond acceptors (Lipinski definition) is 3. The van der Waals surface area contributed by atoms with Gasteiger partial charge in [0, 0.05) is 17.0 Å². The first-order valence-electron chi connectivity index (χ1n) is 3.89. The number of aliphatic hydroxyl groups is 1. The molecule has 0 aromatic heterocycles. The Balaban J connectivity index is 3.10. The predicted octanol–water partition coefficient (Wildman–Crippen LogP) is 1.67.